The minimum Gasteiger partial charge on any atom is -0.385 e. The van der Waals surface area contributed by atoms with E-state index in [1.165, 1.54) is 0 Å². The van der Waals surface area contributed by atoms with E-state index in [1.807, 2.05) is 6.92 Å². The molecule has 1 heterocycles. The first-order valence-corrected chi connectivity index (χ1v) is 6.89. The van der Waals surface area contributed by atoms with Gasteiger partial charge in [0.25, 0.3) is 0 Å². The second kappa shape index (κ2) is 5.32. The number of aromatic nitrogens is 1. The summed E-state index contributed by atoms with van der Waals surface area (Å²) in [4.78, 5) is 3.63. The van der Waals surface area contributed by atoms with Gasteiger partial charge >= 0.3 is 6.18 Å². The number of nitrogens with one attached hydrogen (secondary N) is 1. The van der Waals surface area contributed by atoms with Gasteiger partial charge in [0.05, 0.1) is 10.5 Å². The van der Waals surface area contributed by atoms with Crippen LogP contribution in [0.1, 0.15) is 12.6 Å². The van der Waals surface area contributed by atoms with E-state index in [-0.39, 0.29) is 10.5 Å². The molecule has 0 radical (unpaired) electrons. The standard InChI is InChI=1S/C12H9ClF3IN2/c1-2-18-9-5-10(12(14,15)16)19-11-7(9)3-6(17)4-8(11)13/h3-5H,2H2,1H3,(H,18,19). The largest absolute Gasteiger partial charge is 0.433 e. The fourth-order valence-electron chi connectivity index (χ4n) is 1.73. The minimum atomic E-state index is -4.50. The van der Waals surface area contributed by atoms with E-state index in [4.69, 9.17) is 11.6 Å². The van der Waals surface area contributed by atoms with Crippen molar-refractivity contribution in [3.05, 3.63) is 32.5 Å². The summed E-state index contributed by atoms with van der Waals surface area (Å²) in [7, 11) is 0. The Kier molecular flexibility index (Phi) is 4.10. The highest BCUT2D eigenvalue weighted by Gasteiger charge is 2.33. The molecule has 0 saturated heterocycles. The van der Waals surface area contributed by atoms with Crippen molar-refractivity contribution in [2.24, 2.45) is 0 Å². The van der Waals surface area contributed by atoms with Crippen molar-refractivity contribution in [1.82, 2.24) is 4.98 Å². The summed E-state index contributed by atoms with van der Waals surface area (Å²) in [6, 6.07) is 4.36. The maximum absolute atomic E-state index is 12.8. The van der Waals surface area contributed by atoms with Gasteiger partial charge < -0.3 is 5.32 Å². The molecule has 0 aliphatic carbocycles. The van der Waals surface area contributed by atoms with Crippen LogP contribution in [0.5, 0.6) is 0 Å². The lowest BCUT2D eigenvalue weighted by Crippen LogP contribution is -2.10. The van der Waals surface area contributed by atoms with E-state index in [2.05, 4.69) is 32.9 Å². The van der Waals surface area contributed by atoms with E-state index in [9.17, 15) is 13.2 Å². The number of pyridine rings is 1. The highest BCUT2D eigenvalue weighted by atomic mass is 127. The van der Waals surface area contributed by atoms with E-state index >= 15 is 0 Å². The van der Waals surface area contributed by atoms with Crippen LogP contribution in [0.3, 0.4) is 0 Å². The first-order chi connectivity index (χ1) is 8.82. The lowest BCUT2D eigenvalue weighted by atomic mass is 10.1. The zero-order valence-corrected chi connectivity index (χ0v) is 12.7. The molecule has 0 spiro atoms. The summed E-state index contributed by atoms with van der Waals surface area (Å²) in [5.74, 6) is 0. The number of hydrogen-bond donors (Lipinski definition) is 1. The molecule has 0 amide bonds. The SMILES string of the molecule is CCNc1cc(C(F)(F)F)nc2c(Cl)cc(I)cc12. The monoisotopic (exact) mass is 400 g/mol. The Morgan fingerprint density at radius 1 is 1.32 bits per heavy atom. The van der Waals surface area contributed by atoms with Crippen LogP contribution in [0.4, 0.5) is 18.9 Å². The summed E-state index contributed by atoms with van der Waals surface area (Å²) in [5, 5.41) is 3.72. The van der Waals surface area contributed by atoms with Crippen LogP contribution in [0.2, 0.25) is 5.02 Å². The van der Waals surface area contributed by atoms with Gasteiger partial charge in [0, 0.05) is 21.2 Å². The molecule has 2 rings (SSSR count). The zero-order valence-electron chi connectivity index (χ0n) is 9.78. The van der Waals surface area contributed by atoms with Crippen molar-refractivity contribution in [3.8, 4) is 0 Å². The van der Waals surface area contributed by atoms with Gasteiger partial charge in [-0.05, 0) is 47.7 Å². The predicted octanol–water partition coefficient (Wildman–Crippen LogP) is 4.94. The molecule has 0 fully saturated rings. The quantitative estimate of drug-likeness (QED) is 0.722. The lowest BCUT2D eigenvalue weighted by Gasteiger charge is -2.13. The normalized spacial score (nSPS) is 11.9. The van der Waals surface area contributed by atoms with Gasteiger partial charge in [-0.2, -0.15) is 13.2 Å². The van der Waals surface area contributed by atoms with Crippen LogP contribution in [0.15, 0.2) is 18.2 Å². The summed E-state index contributed by atoms with van der Waals surface area (Å²) in [6.07, 6.45) is -4.50. The molecule has 0 aliphatic heterocycles. The maximum atomic E-state index is 12.8. The number of nitrogens with zero attached hydrogens (tertiary/aromatic N) is 1. The van der Waals surface area contributed by atoms with E-state index in [0.717, 1.165) is 9.64 Å². The van der Waals surface area contributed by atoms with Gasteiger partial charge in [0.15, 0.2) is 0 Å². The second-order valence-corrected chi connectivity index (χ2v) is 5.52. The number of hydrogen-bond acceptors (Lipinski definition) is 2. The van der Waals surface area contributed by atoms with Crippen molar-refractivity contribution >= 4 is 50.8 Å². The third kappa shape index (κ3) is 3.05. The van der Waals surface area contributed by atoms with Crippen LogP contribution in [0, 0.1) is 3.57 Å². The molecule has 0 atom stereocenters. The molecule has 0 saturated carbocycles. The Labute approximate surface area is 126 Å². The van der Waals surface area contributed by atoms with Crippen molar-refractivity contribution < 1.29 is 13.2 Å². The van der Waals surface area contributed by atoms with Gasteiger partial charge in [0.1, 0.15) is 5.69 Å². The number of alkyl halides is 3. The summed E-state index contributed by atoms with van der Waals surface area (Å²) >= 11 is 8.06. The van der Waals surface area contributed by atoms with Crippen LogP contribution < -0.4 is 5.32 Å². The Morgan fingerprint density at radius 2 is 2.00 bits per heavy atom. The Bertz CT molecular complexity index is 628. The average molecular weight is 401 g/mol. The maximum Gasteiger partial charge on any atom is 0.433 e. The van der Waals surface area contributed by atoms with Gasteiger partial charge in [-0.3, -0.25) is 0 Å². The van der Waals surface area contributed by atoms with E-state index < -0.39 is 11.9 Å². The molecule has 7 heteroatoms. The zero-order chi connectivity index (χ0) is 14.2. The van der Waals surface area contributed by atoms with Crippen LogP contribution in [-0.4, -0.2) is 11.5 Å². The first-order valence-electron chi connectivity index (χ1n) is 5.43. The van der Waals surface area contributed by atoms with Gasteiger partial charge in [-0.1, -0.05) is 11.6 Å². The van der Waals surface area contributed by atoms with Gasteiger partial charge in [-0.25, -0.2) is 4.98 Å². The minimum absolute atomic E-state index is 0.160. The molecule has 1 N–H and O–H groups in total. The molecule has 1 aromatic carbocycles. The lowest BCUT2D eigenvalue weighted by molar-refractivity contribution is -0.140. The highest BCUT2D eigenvalue weighted by molar-refractivity contribution is 14.1. The Hall–Kier alpha value is -0.760. The molecule has 1 aromatic heterocycles. The van der Waals surface area contributed by atoms with Crippen molar-refractivity contribution in [2.75, 3.05) is 11.9 Å². The molecule has 19 heavy (non-hydrogen) atoms. The number of anilines is 1. The first kappa shape index (κ1) is 14.6. The average Bonchev–Trinajstić information content (AvgIpc) is 2.28. The number of benzene rings is 1. The summed E-state index contributed by atoms with van der Waals surface area (Å²) < 4.78 is 39.3. The Balaban J connectivity index is 2.79. The summed E-state index contributed by atoms with van der Waals surface area (Å²) in [6.45, 7) is 2.33. The van der Waals surface area contributed by atoms with Crippen LogP contribution in [0.25, 0.3) is 10.9 Å². The highest BCUT2D eigenvalue weighted by Crippen LogP contribution is 2.36. The number of rotatable bonds is 2. The third-order valence-corrected chi connectivity index (χ3v) is 3.40. The fraction of sp³-hybridized carbons (Fsp3) is 0.250. The smallest absolute Gasteiger partial charge is 0.385 e. The van der Waals surface area contributed by atoms with Gasteiger partial charge in [-0.15, -0.1) is 0 Å². The van der Waals surface area contributed by atoms with Crippen molar-refractivity contribution in [1.29, 1.82) is 0 Å². The molecule has 0 unspecified atom stereocenters. The Morgan fingerprint density at radius 3 is 2.58 bits per heavy atom. The molecule has 2 nitrogen and oxygen atoms in total. The molecular formula is C12H9ClF3IN2. The second-order valence-electron chi connectivity index (χ2n) is 3.87. The summed E-state index contributed by atoms with van der Waals surface area (Å²) in [5.41, 5.74) is -0.396. The third-order valence-electron chi connectivity index (χ3n) is 2.49. The molecule has 0 bridgehead atoms. The van der Waals surface area contributed by atoms with Gasteiger partial charge in [0.2, 0.25) is 0 Å². The predicted molar refractivity (Wildman–Crippen MR) is 78.6 cm³/mol. The van der Waals surface area contributed by atoms with Crippen LogP contribution in [-0.2, 0) is 6.18 Å². The van der Waals surface area contributed by atoms with E-state index in [1.54, 1.807) is 12.1 Å². The molecule has 0 aliphatic rings. The number of halogens is 5. The van der Waals surface area contributed by atoms with Crippen LogP contribution >= 0.6 is 34.2 Å². The van der Waals surface area contributed by atoms with Crippen molar-refractivity contribution in [2.45, 2.75) is 13.1 Å². The fourth-order valence-corrected chi connectivity index (χ4v) is 2.80. The number of fused-ring (bicyclic) bond motifs is 1. The molecule has 102 valence electrons. The molecular weight excluding hydrogens is 391 g/mol. The van der Waals surface area contributed by atoms with Crippen molar-refractivity contribution in [3.63, 3.8) is 0 Å². The molecule has 2 aromatic rings. The topological polar surface area (TPSA) is 24.9 Å². The van der Waals surface area contributed by atoms with E-state index in [0.29, 0.717) is 17.6 Å².